The van der Waals surface area contributed by atoms with E-state index < -0.39 is 10.7 Å². The second-order valence-electron chi connectivity index (χ2n) is 4.73. The van der Waals surface area contributed by atoms with Crippen LogP contribution < -0.4 is 0 Å². The molecule has 2 aromatic rings. The number of hydrogen-bond donors (Lipinski definition) is 1. The lowest BCUT2D eigenvalue weighted by Gasteiger charge is -2.23. The smallest absolute Gasteiger partial charge is 0.150 e. The molecule has 1 aliphatic rings. The lowest BCUT2D eigenvalue weighted by atomic mass is 10.2. The van der Waals surface area contributed by atoms with Crippen LogP contribution in [0, 0.1) is 0 Å². The van der Waals surface area contributed by atoms with Gasteiger partial charge in [-0.15, -0.1) is 0 Å². The van der Waals surface area contributed by atoms with E-state index in [1.54, 1.807) is 16.9 Å². The van der Waals surface area contributed by atoms with E-state index >= 15 is 0 Å². The van der Waals surface area contributed by atoms with Crippen LogP contribution in [0.4, 0.5) is 0 Å². The maximum atomic E-state index is 11.0. The van der Waals surface area contributed by atoms with Crippen molar-refractivity contribution in [3.05, 3.63) is 23.1 Å². The van der Waals surface area contributed by atoms with Crippen LogP contribution >= 0.6 is 11.6 Å². The van der Waals surface area contributed by atoms with Gasteiger partial charge < -0.3 is 4.74 Å². The predicted octanol–water partition coefficient (Wildman–Crippen LogP) is 1.90. The quantitative estimate of drug-likeness (QED) is 0.691. The fourth-order valence-corrected chi connectivity index (χ4v) is 3.08. The molecule has 3 rings (SSSR count). The van der Waals surface area contributed by atoms with Crippen LogP contribution in [0.15, 0.2) is 12.3 Å². The summed E-state index contributed by atoms with van der Waals surface area (Å²) >= 11 is 5.93. The van der Waals surface area contributed by atoms with E-state index in [-0.39, 0.29) is 12.0 Å². The SMILES string of the molecule is O=[SH](=O)Cc1nn(C2CCCCO2)c2cc(Cl)ncc12. The van der Waals surface area contributed by atoms with Crippen molar-refractivity contribution in [3.8, 4) is 0 Å². The second-order valence-corrected chi connectivity index (χ2v) is 6.10. The average molecular weight is 316 g/mol. The summed E-state index contributed by atoms with van der Waals surface area (Å²) in [6, 6.07) is 1.70. The third-order valence-corrected chi connectivity index (χ3v) is 4.11. The van der Waals surface area contributed by atoms with Gasteiger partial charge in [-0.25, -0.2) is 18.1 Å². The molecule has 0 amide bonds. The Balaban J connectivity index is 2.12. The largest absolute Gasteiger partial charge is 0.356 e. The second kappa shape index (κ2) is 5.67. The van der Waals surface area contributed by atoms with Gasteiger partial charge in [-0.1, -0.05) is 11.6 Å². The average Bonchev–Trinajstić information content (AvgIpc) is 2.77. The van der Waals surface area contributed by atoms with Crippen molar-refractivity contribution in [1.82, 2.24) is 14.8 Å². The van der Waals surface area contributed by atoms with Crippen LogP contribution in [-0.4, -0.2) is 29.8 Å². The van der Waals surface area contributed by atoms with E-state index in [1.165, 1.54) is 0 Å². The number of thiol groups is 1. The molecule has 1 saturated heterocycles. The number of ether oxygens (including phenoxy) is 1. The fourth-order valence-electron chi connectivity index (χ4n) is 2.45. The number of aromatic nitrogens is 3. The first-order valence-corrected chi connectivity index (χ1v) is 8.15. The highest BCUT2D eigenvalue weighted by Gasteiger charge is 2.21. The van der Waals surface area contributed by atoms with E-state index in [0.717, 1.165) is 24.8 Å². The number of nitrogens with zero attached hydrogens (tertiary/aromatic N) is 3. The molecule has 20 heavy (non-hydrogen) atoms. The van der Waals surface area contributed by atoms with Gasteiger partial charge in [-0.2, -0.15) is 5.10 Å². The topological polar surface area (TPSA) is 74.1 Å². The number of hydrogen-bond acceptors (Lipinski definition) is 5. The van der Waals surface area contributed by atoms with Crippen molar-refractivity contribution < 1.29 is 13.2 Å². The van der Waals surface area contributed by atoms with Crippen LogP contribution in [0.5, 0.6) is 0 Å². The molecule has 0 spiro atoms. The Kier molecular flexibility index (Phi) is 3.91. The normalized spacial score (nSPS) is 19.8. The van der Waals surface area contributed by atoms with E-state index in [4.69, 9.17) is 16.3 Å². The Hall–Kier alpha value is -1.18. The molecule has 0 bridgehead atoms. The van der Waals surface area contributed by atoms with Crippen molar-refractivity contribution in [2.24, 2.45) is 0 Å². The molecule has 0 radical (unpaired) electrons. The molecule has 6 nitrogen and oxygen atoms in total. The maximum Gasteiger partial charge on any atom is 0.150 e. The summed E-state index contributed by atoms with van der Waals surface area (Å²) < 4.78 is 29.4. The first kappa shape index (κ1) is 13.8. The molecule has 2 aromatic heterocycles. The molecular formula is C12H14ClN3O3S. The molecule has 108 valence electrons. The zero-order valence-electron chi connectivity index (χ0n) is 10.7. The zero-order chi connectivity index (χ0) is 14.1. The lowest BCUT2D eigenvalue weighted by Crippen LogP contribution is -2.19. The Morgan fingerprint density at radius 3 is 3.00 bits per heavy atom. The highest BCUT2D eigenvalue weighted by molar-refractivity contribution is 7.71. The zero-order valence-corrected chi connectivity index (χ0v) is 12.3. The van der Waals surface area contributed by atoms with Crippen LogP contribution in [0.3, 0.4) is 0 Å². The number of pyridine rings is 1. The van der Waals surface area contributed by atoms with Crippen LogP contribution in [0.25, 0.3) is 10.9 Å². The summed E-state index contributed by atoms with van der Waals surface area (Å²) in [4.78, 5) is 4.01. The van der Waals surface area contributed by atoms with Crippen molar-refractivity contribution in [1.29, 1.82) is 0 Å². The van der Waals surface area contributed by atoms with Gasteiger partial charge in [0.05, 0.1) is 17.0 Å². The summed E-state index contributed by atoms with van der Waals surface area (Å²) in [5, 5.41) is 5.47. The molecule has 1 atom stereocenters. The number of rotatable bonds is 3. The van der Waals surface area contributed by atoms with Gasteiger partial charge >= 0.3 is 0 Å². The van der Waals surface area contributed by atoms with E-state index in [9.17, 15) is 8.42 Å². The van der Waals surface area contributed by atoms with Crippen LogP contribution in [0.2, 0.25) is 5.15 Å². The monoisotopic (exact) mass is 315 g/mol. The summed E-state index contributed by atoms with van der Waals surface area (Å²) in [7, 11) is -2.54. The molecule has 0 saturated carbocycles. The van der Waals surface area contributed by atoms with Gasteiger partial charge in [0.1, 0.15) is 15.9 Å². The van der Waals surface area contributed by atoms with E-state index in [2.05, 4.69) is 10.1 Å². The highest BCUT2D eigenvalue weighted by atomic mass is 35.5. The van der Waals surface area contributed by atoms with E-state index in [0.29, 0.717) is 22.8 Å². The maximum absolute atomic E-state index is 11.0. The van der Waals surface area contributed by atoms with Gasteiger partial charge in [-0.3, -0.25) is 0 Å². The molecule has 3 heterocycles. The van der Waals surface area contributed by atoms with Crippen LogP contribution in [-0.2, 0) is 21.2 Å². The Bertz CT molecular complexity index is 699. The third-order valence-electron chi connectivity index (χ3n) is 3.34. The summed E-state index contributed by atoms with van der Waals surface area (Å²) in [5.41, 5.74) is 1.26. The van der Waals surface area contributed by atoms with Gasteiger partial charge in [0.2, 0.25) is 0 Å². The number of fused-ring (bicyclic) bond motifs is 1. The summed E-state index contributed by atoms with van der Waals surface area (Å²) in [6.07, 6.45) is 4.37. The van der Waals surface area contributed by atoms with Gasteiger partial charge in [0.15, 0.2) is 6.23 Å². The van der Waals surface area contributed by atoms with Gasteiger partial charge in [-0.05, 0) is 19.3 Å². The molecule has 1 unspecified atom stereocenters. The van der Waals surface area contributed by atoms with Crippen molar-refractivity contribution in [2.45, 2.75) is 31.2 Å². The summed E-state index contributed by atoms with van der Waals surface area (Å²) in [5.74, 6) is -0.102. The Labute approximate surface area is 122 Å². The molecule has 8 heteroatoms. The van der Waals surface area contributed by atoms with Gasteiger partial charge in [0, 0.05) is 24.3 Å². The summed E-state index contributed by atoms with van der Waals surface area (Å²) in [6.45, 7) is 0.690. The minimum Gasteiger partial charge on any atom is -0.356 e. The molecular weight excluding hydrogens is 302 g/mol. The molecule has 1 aliphatic heterocycles. The highest BCUT2D eigenvalue weighted by Crippen LogP contribution is 2.29. The Morgan fingerprint density at radius 1 is 1.45 bits per heavy atom. The lowest BCUT2D eigenvalue weighted by molar-refractivity contribution is -0.0368. The van der Waals surface area contributed by atoms with Crippen molar-refractivity contribution in [3.63, 3.8) is 0 Å². The minimum absolute atomic E-state index is 0.102. The minimum atomic E-state index is -2.54. The Morgan fingerprint density at radius 2 is 2.30 bits per heavy atom. The fraction of sp³-hybridized carbons (Fsp3) is 0.500. The van der Waals surface area contributed by atoms with Crippen molar-refractivity contribution >= 4 is 33.2 Å². The molecule has 0 aliphatic carbocycles. The predicted molar refractivity (Wildman–Crippen MR) is 75.4 cm³/mol. The van der Waals surface area contributed by atoms with Crippen molar-refractivity contribution in [2.75, 3.05) is 6.61 Å². The standard InChI is InChI=1S/C12H14ClN3O3S/c13-11-5-10-8(6-14-11)9(7-20(17)18)15-16(10)12-3-1-2-4-19-12/h5-6,12,20H,1-4,7H2. The molecule has 0 aromatic carbocycles. The van der Waals surface area contributed by atoms with Gasteiger partial charge in [0.25, 0.3) is 0 Å². The molecule has 0 N–H and O–H groups in total. The molecule has 1 fully saturated rings. The van der Waals surface area contributed by atoms with Crippen LogP contribution in [0.1, 0.15) is 31.2 Å². The number of halogens is 1. The first-order chi connectivity index (χ1) is 9.65. The third kappa shape index (κ3) is 2.65. The first-order valence-electron chi connectivity index (χ1n) is 6.41. The van der Waals surface area contributed by atoms with E-state index in [1.807, 2.05) is 0 Å².